The number of aromatic nitrogens is 2. The number of pyridine rings is 2. The maximum absolute atomic E-state index is 7.17. The smallest absolute Gasteiger partial charge is 0.269 e. The molecule has 5 heterocycles. The average molecular weight is 649 g/mol. The number of nitrogens with zero attached hydrogens (tertiary/aromatic N) is 2. The zero-order valence-electron chi connectivity index (χ0n) is 29.6. The van der Waals surface area contributed by atoms with Crippen LogP contribution in [0.5, 0.6) is 0 Å². The molecule has 11 rings (SSSR count). The Morgan fingerprint density at radius 2 is 1.50 bits per heavy atom. The molecule has 2 aliphatic heterocycles. The van der Waals surface area contributed by atoms with E-state index in [0.29, 0.717) is 0 Å². The molecule has 3 aromatic heterocycles. The summed E-state index contributed by atoms with van der Waals surface area (Å²) in [6.07, 6.45) is 8.17. The van der Waals surface area contributed by atoms with Gasteiger partial charge in [0.15, 0.2) is 12.4 Å². The molecule has 3 nitrogen and oxygen atoms in total. The van der Waals surface area contributed by atoms with Crippen molar-refractivity contribution in [1.82, 2.24) is 0 Å². The molecule has 1 saturated carbocycles. The molecule has 242 valence electrons. The number of fused-ring (bicyclic) bond motifs is 19. The summed E-state index contributed by atoms with van der Waals surface area (Å²) in [6.45, 7) is 13.8. The molecule has 2 aliphatic carbocycles. The van der Waals surface area contributed by atoms with Gasteiger partial charge in [0.05, 0.1) is 16.7 Å². The normalized spacial score (nSPS) is 20.7. The predicted octanol–water partition coefficient (Wildman–Crippen LogP) is 10.4. The first-order valence-corrected chi connectivity index (χ1v) is 18.1. The molecule has 3 unspecified atom stereocenters. The third kappa shape index (κ3) is 3.36. The molecule has 1 spiro atoms. The maximum atomic E-state index is 7.17. The molecule has 0 N–H and O–H groups in total. The Morgan fingerprint density at radius 3 is 2.32 bits per heavy atom. The van der Waals surface area contributed by atoms with Crippen LogP contribution in [-0.2, 0) is 17.4 Å². The van der Waals surface area contributed by atoms with Crippen LogP contribution in [0.2, 0.25) is 0 Å². The van der Waals surface area contributed by atoms with Crippen molar-refractivity contribution in [3.63, 3.8) is 0 Å². The van der Waals surface area contributed by atoms with Crippen molar-refractivity contribution in [3.8, 4) is 33.6 Å². The van der Waals surface area contributed by atoms with Gasteiger partial charge in [0, 0.05) is 40.1 Å². The lowest BCUT2D eigenvalue weighted by molar-refractivity contribution is -0.771. The largest absolute Gasteiger partial charge is 0.455 e. The van der Waals surface area contributed by atoms with Crippen LogP contribution in [0.25, 0.3) is 61.7 Å². The third-order valence-electron chi connectivity index (χ3n) is 12.4. The third-order valence-corrected chi connectivity index (χ3v) is 12.4. The Kier molecular flexibility index (Phi) is 5.30. The minimum atomic E-state index is -0.300. The first-order valence-electron chi connectivity index (χ1n) is 18.1. The van der Waals surface area contributed by atoms with E-state index in [2.05, 4.69) is 160 Å². The van der Waals surface area contributed by atoms with E-state index in [4.69, 9.17) is 4.42 Å². The van der Waals surface area contributed by atoms with Crippen molar-refractivity contribution in [1.29, 1.82) is 0 Å². The molecule has 0 bridgehead atoms. The van der Waals surface area contributed by atoms with Crippen LogP contribution in [0.3, 0.4) is 0 Å². The summed E-state index contributed by atoms with van der Waals surface area (Å²) in [7, 11) is 0. The van der Waals surface area contributed by atoms with E-state index in [0.717, 1.165) is 17.6 Å². The quantitative estimate of drug-likeness (QED) is 0.162. The minimum Gasteiger partial charge on any atom is -0.455 e. The van der Waals surface area contributed by atoms with E-state index < -0.39 is 0 Å². The summed E-state index contributed by atoms with van der Waals surface area (Å²) >= 11 is 0. The highest BCUT2D eigenvalue weighted by Gasteiger charge is 2.86. The molecule has 7 aromatic rings. The van der Waals surface area contributed by atoms with Gasteiger partial charge < -0.3 is 4.42 Å². The van der Waals surface area contributed by atoms with Gasteiger partial charge in [0.2, 0.25) is 17.4 Å². The Bertz CT molecular complexity index is 2640. The van der Waals surface area contributed by atoms with Crippen molar-refractivity contribution in [2.45, 2.75) is 70.9 Å². The second-order valence-corrected chi connectivity index (χ2v) is 16.4. The summed E-state index contributed by atoms with van der Waals surface area (Å²) in [5, 5.41) is 2.41. The number of aryl methyl sites for hydroxylation is 2. The van der Waals surface area contributed by atoms with Crippen LogP contribution < -0.4 is 9.13 Å². The van der Waals surface area contributed by atoms with Gasteiger partial charge in [0.1, 0.15) is 17.1 Å². The molecule has 1 fully saturated rings. The lowest BCUT2D eigenvalue weighted by Crippen LogP contribution is -2.51. The fourth-order valence-electron chi connectivity index (χ4n) is 10.4. The number of hydrogen-bond donors (Lipinski definition) is 0. The van der Waals surface area contributed by atoms with Gasteiger partial charge in [-0.1, -0.05) is 87.0 Å². The maximum Gasteiger partial charge on any atom is 0.269 e. The second kappa shape index (κ2) is 9.28. The van der Waals surface area contributed by atoms with Crippen molar-refractivity contribution < 1.29 is 13.6 Å². The van der Waals surface area contributed by atoms with Crippen molar-refractivity contribution in [3.05, 3.63) is 148 Å². The number of benzene rings is 4. The fraction of sp³-hybridized carbons (Fsp3) is 0.234. The van der Waals surface area contributed by atoms with Crippen LogP contribution in [0.1, 0.15) is 78.6 Å². The lowest BCUT2D eigenvalue weighted by Gasteiger charge is -2.24. The van der Waals surface area contributed by atoms with Crippen molar-refractivity contribution in [2.24, 2.45) is 0 Å². The van der Waals surface area contributed by atoms with E-state index in [1.54, 1.807) is 0 Å². The summed E-state index contributed by atoms with van der Waals surface area (Å²) in [4.78, 5) is 0. The Morgan fingerprint density at radius 1 is 0.740 bits per heavy atom. The van der Waals surface area contributed by atoms with Crippen molar-refractivity contribution >= 4 is 28.0 Å². The first kappa shape index (κ1) is 28.5. The predicted molar refractivity (Wildman–Crippen MR) is 201 cm³/mol. The fourth-order valence-corrected chi connectivity index (χ4v) is 10.4. The summed E-state index contributed by atoms with van der Waals surface area (Å²) < 4.78 is 12.4. The molecule has 50 heavy (non-hydrogen) atoms. The topological polar surface area (TPSA) is 20.9 Å². The number of rotatable bonds is 1. The van der Waals surface area contributed by atoms with Crippen LogP contribution in [-0.4, -0.2) is 0 Å². The van der Waals surface area contributed by atoms with E-state index in [1.165, 1.54) is 88.9 Å². The van der Waals surface area contributed by atoms with E-state index >= 15 is 0 Å². The lowest BCUT2D eigenvalue weighted by atomic mass is 9.80. The second-order valence-electron chi connectivity index (χ2n) is 16.4. The van der Waals surface area contributed by atoms with Crippen LogP contribution in [0.4, 0.5) is 0 Å². The van der Waals surface area contributed by atoms with Crippen LogP contribution in [0, 0.1) is 13.8 Å². The molecule has 0 amide bonds. The number of furan rings is 1. The molecule has 4 aromatic carbocycles. The Balaban J connectivity index is 1.30. The van der Waals surface area contributed by atoms with E-state index in [9.17, 15) is 0 Å². The zero-order chi connectivity index (χ0) is 33.8. The highest BCUT2D eigenvalue weighted by atomic mass is 16.3. The van der Waals surface area contributed by atoms with Gasteiger partial charge >= 0.3 is 0 Å². The van der Waals surface area contributed by atoms with Gasteiger partial charge in [-0.2, -0.15) is 9.13 Å². The summed E-state index contributed by atoms with van der Waals surface area (Å²) in [5.74, 6) is 0.284. The van der Waals surface area contributed by atoms with Gasteiger partial charge in [0.25, 0.3) is 5.54 Å². The van der Waals surface area contributed by atoms with Crippen LogP contribution in [0.15, 0.2) is 113 Å². The average Bonchev–Trinajstić information content (AvgIpc) is 3.28. The molecular weight excluding hydrogens is 609 g/mol. The molecule has 3 heteroatoms. The summed E-state index contributed by atoms with van der Waals surface area (Å²) in [6, 6.07) is 34.7. The summed E-state index contributed by atoms with van der Waals surface area (Å²) in [5.41, 5.74) is 20.3. The van der Waals surface area contributed by atoms with Gasteiger partial charge in [-0.15, -0.1) is 0 Å². The van der Waals surface area contributed by atoms with E-state index in [-0.39, 0.29) is 22.9 Å². The zero-order valence-corrected chi connectivity index (χ0v) is 29.6. The Labute approximate surface area is 293 Å². The van der Waals surface area contributed by atoms with Gasteiger partial charge in [-0.25, -0.2) is 0 Å². The minimum absolute atomic E-state index is 0.0786. The van der Waals surface area contributed by atoms with Gasteiger partial charge in [-0.05, 0) is 84.2 Å². The van der Waals surface area contributed by atoms with E-state index in [1.807, 2.05) is 0 Å². The molecular formula is C47H40N2O+2. The standard InChI is InChI=1S/C47H40N2O/c1-26-22-29-17-18-32-33-19-20-36-41(44(33)50-43(32)34(29)23-26)39-24-37(46(4,5)6)35(40-27(2)12-11-13-28(40)3)25-49(39)47(36)42-31-15-8-7-14-30(31)38-16-9-10-21-48(38)45(42)47/h7-21,23-25,42,45H,22H2,1-6H3/q+2. The molecule has 0 saturated heterocycles. The van der Waals surface area contributed by atoms with Gasteiger partial charge in [-0.3, -0.25) is 0 Å². The molecule has 4 aliphatic rings. The SMILES string of the molecule is CC1=Cc2c(ccc3c2oc2c4c(ccc23)C2(C3c5ccccc5-c5cccc[n+]5C32)[n+]2cc(-c3c(C)cccc3C)c(C(C)(C)C)cc2-4)C1. The number of hydrogen-bond acceptors (Lipinski definition) is 1. The van der Waals surface area contributed by atoms with Crippen molar-refractivity contribution in [2.75, 3.05) is 0 Å². The van der Waals surface area contributed by atoms with Crippen LogP contribution >= 0.6 is 0 Å². The Hall–Kier alpha value is -5.28. The highest BCUT2D eigenvalue weighted by molar-refractivity contribution is 6.12. The highest BCUT2D eigenvalue weighted by Crippen LogP contribution is 2.71. The molecule has 3 atom stereocenters. The number of allylic oxidation sites excluding steroid dienone is 1. The first-order chi connectivity index (χ1) is 24.2. The monoisotopic (exact) mass is 648 g/mol. The molecule has 0 radical (unpaired) electrons.